The molecular formula is C13H15N3O3. The van der Waals surface area contributed by atoms with Crippen LogP contribution in [-0.4, -0.2) is 42.1 Å². The maximum absolute atomic E-state index is 11.8. The van der Waals surface area contributed by atoms with Crippen molar-refractivity contribution in [2.75, 3.05) is 20.2 Å². The molecule has 0 aliphatic rings. The van der Waals surface area contributed by atoms with Gasteiger partial charge in [0.25, 0.3) is 5.91 Å². The third-order valence-corrected chi connectivity index (χ3v) is 2.17. The highest BCUT2D eigenvalue weighted by Crippen LogP contribution is 2.03. The smallest absolute Gasteiger partial charge is 0.271 e. The zero-order chi connectivity index (χ0) is 14.1. The number of hydrogen-bond donors (Lipinski definition) is 3. The first-order valence-electron chi connectivity index (χ1n) is 5.72. The number of aliphatic hydroxyl groups is 1. The molecule has 0 fully saturated rings. The summed E-state index contributed by atoms with van der Waals surface area (Å²) in [6, 6.07) is 3.32. The Labute approximate surface area is 111 Å². The van der Waals surface area contributed by atoms with Crippen LogP contribution in [-0.2, 0) is 4.79 Å². The molecule has 0 aliphatic carbocycles. The van der Waals surface area contributed by atoms with Gasteiger partial charge < -0.3 is 15.7 Å². The van der Waals surface area contributed by atoms with Crippen LogP contribution in [0.25, 0.3) is 0 Å². The molecule has 0 bridgehead atoms. The summed E-state index contributed by atoms with van der Waals surface area (Å²) in [5.41, 5.74) is 0.627. The average Bonchev–Trinajstić information content (AvgIpc) is 2.45. The van der Waals surface area contributed by atoms with Gasteiger partial charge in [0.15, 0.2) is 0 Å². The summed E-state index contributed by atoms with van der Waals surface area (Å²) in [5, 5.41) is 13.5. The van der Waals surface area contributed by atoms with Crippen LogP contribution in [0.15, 0.2) is 18.3 Å². The van der Waals surface area contributed by atoms with Gasteiger partial charge >= 0.3 is 0 Å². The Morgan fingerprint density at radius 2 is 2.26 bits per heavy atom. The molecule has 100 valence electrons. The van der Waals surface area contributed by atoms with Crippen molar-refractivity contribution in [3.63, 3.8) is 0 Å². The summed E-state index contributed by atoms with van der Waals surface area (Å²) >= 11 is 0. The Hall–Kier alpha value is -2.39. The van der Waals surface area contributed by atoms with Gasteiger partial charge in [0.2, 0.25) is 5.91 Å². The molecule has 2 amide bonds. The molecule has 3 N–H and O–H groups in total. The number of nitrogens with zero attached hydrogens (tertiary/aromatic N) is 1. The van der Waals surface area contributed by atoms with E-state index in [1.165, 1.54) is 13.2 Å². The number of rotatable bonds is 4. The molecule has 0 unspecified atom stereocenters. The van der Waals surface area contributed by atoms with E-state index in [2.05, 4.69) is 27.5 Å². The van der Waals surface area contributed by atoms with Crippen molar-refractivity contribution in [3.05, 3.63) is 29.6 Å². The van der Waals surface area contributed by atoms with E-state index >= 15 is 0 Å². The molecular weight excluding hydrogens is 246 g/mol. The van der Waals surface area contributed by atoms with Gasteiger partial charge in [-0.05, 0) is 12.1 Å². The van der Waals surface area contributed by atoms with Crippen LogP contribution in [0.4, 0.5) is 0 Å². The fourth-order valence-corrected chi connectivity index (χ4v) is 1.23. The second kappa shape index (κ2) is 7.84. The standard InChI is InChI=1S/C13H15N3O3/c1-14-11(18)9-16-13(19)12-10(5-2-3-8-17)6-4-7-15-12/h4,6-7,17H,3,8-9H2,1H3,(H,14,18)(H,16,19). The van der Waals surface area contributed by atoms with E-state index in [4.69, 9.17) is 5.11 Å². The van der Waals surface area contributed by atoms with Gasteiger partial charge in [-0.1, -0.05) is 11.8 Å². The van der Waals surface area contributed by atoms with E-state index in [0.29, 0.717) is 12.0 Å². The van der Waals surface area contributed by atoms with Gasteiger partial charge in [-0.3, -0.25) is 9.59 Å². The molecule has 19 heavy (non-hydrogen) atoms. The van der Waals surface area contributed by atoms with Crippen LogP contribution in [0.1, 0.15) is 22.5 Å². The fraction of sp³-hybridized carbons (Fsp3) is 0.308. The number of nitrogens with one attached hydrogen (secondary N) is 2. The molecule has 0 saturated carbocycles. The summed E-state index contributed by atoms with van der Waals surface area (Å²) in [6.07, 6.45) is 1.81. The molecule has 1 heterocycles. The second-order valence-electron chi connectivity index (χ2n) is 3.53. The Morgan fingerprint density at radius 3 is 2.95 bits per heavy atom. The number of hydrogen-bond acceptors (Lipinski definition) is 4. The molecule has 1 aromatic rings. The number of aliphatic hydroxyl groups excluding tert-OH is 1. The predicted octanol–water partition coefficient (Wildman–Crippen LogP) is -0.709. The van der Waals surface area contributed by atoms with Gasteiger partial charge in [0, 0.05) is 19.7 Å². The van der Waals surface area contributed by atoms with Crippen LogP contribution in [0, 0.1) is 11.8 Å². The SMILES string of the molecule is CNC(=O)CNC(=O)c1ncccc1C#CCCO. The minimum Gasteiger partial charge on any atom is -0.395 e. The van der Waals surface area contributed by atoms with Crippen molar-refractivity contribution >= 4 is 11.8 Å². The van der Waals surface area contributed by atoms with Gasteiger partial charge in [0.1, 0.15) is 5.69 Å². The van der Waals surface area contributed by atoms with E-state index in [9.17, 15) is 9.59 Å². The molecule has 1 aromatic heterocycles. The molecule has 0 radical (unpaired) electrons. The monoisotopic (exact) mass is 261 g/mol. The molecule has 0 aliphatic heterocycles. The molecule has 0 atom stereocenters. The van der Waals surface area contributed by atoms with E-state index in [-0.39, 0.29) is 24.8 Å². The van der Waals surface area contributed by atoms with Crippen molar-refractivity contribution in [1.82, 2.24) is 15.6 Å². The van der Waals surface area contributed by atoms with E-state index in [1.807, 2.05) is 0 Å². The van der Waals surface area contributed by atoms with Gasteiger partial charge in [-0.25, -0.2) is 4.98 Å². The van der Waals surface area contributed by atoms with Crippen molar-refractivity contribution in [3.8, 4) is 11.8 Å². The lowest BCUT2D eigenvalue weighted by Crippen LogP contribution is -2.35. The number of pyridine rings is 1. The molecule has 0 aromatic carbocycles. The molecule has 6 nitrogen and oxygen atoms in total. The van der Waals surface area contributed by atoms with E-state index in [0.717, 1.165) is 0 Å². The number of likely N-dealkylation sites (N-methyl/N-ethyl adjacent to an activating group) is 1. The van der Waals surface area contributed by atoms with Gasteiger partial charge in [0.05, 0.1) is 18.7 Å². The van der Waals surface area contributed by atoms with Crippen molar-refractivity contribution in [1.29, 1.82) is 0 Å². The zero-order valence-electron chi connectivity index (χ0n) is 10.6. The fourth-order valence-electron chi connectivity index (χ4n) is 1.23. The van der Waals surface area contributed by atoms with Crippen LogP contribution in [0.2, 0.25) is 0 Å². The van der Waals surface area contributed by atoms with Crippen LogP contribution < -0.4 is 10.6 Å². The lowest BCUT2D eigenvalue weighted by atomic mass is 10.2. The minimum atomic E-state index is -0.461. The van der Waals surface area contributed by atoms with Crippen LogP contribution in [0.3, 0.4) is 0 Å². The van der Waals surface area contributed by atoms with Crippen molar-refractivity contribution in [2.24, 2.45) is 0 Å². The first-order chi connectivity index (χ1) is 9.19. The highest BCUT2D eigenvalue weighted by atomic mass is 16.2. The van der Waals surface area contributed by atoms with E-state index < -0.39 is 5.91 Å². The number of carbonyl (C=O) groups is 2. The summed E-state index contributed by atoms with van der Waals surface area (Å²) in [6.45, 7) is -0.152. The summed E-state index contributed by atoms with van der Waals surface area (Å²) in [7, 11) is 1.49. The van der Waals surface area contributed by atoms with Crippen LogP contribution >= 0.6 is 0 Å². The minimum absolute atomic E-state index is 0.0362. The highest BCUT2D eigenvalue weighted by molar-refractivity contribution is 5.96. The Bertz CT molecular complexity index is 517. The van der Waals surface area contributed by atoms with Crippen LogP contribution in [0.5, 0.6) is 0 Å². The molecule has 6 heteroatoms. The first-order valence-corrected chi connectivity index (χ1v) is 5.72. The zero-order valence-corrected chi connectivity index (χ0v) is 10.6. The summed E-state index contributed by atoms with van der Waals surface area (Å²) in [5.74, 6) is 4.73. The Balaban J connectivity index is 2.80. The third kappa shape index (κ3) is 4.77. The summed E-state index contributed by atoms with van der Waals surface area (Å²) in [4.78, 5) is 26.8. The highest BCUT2D eigenvalue weighted by Gasteiger charge is 2.12. The number of aromatic nitrogens is 1. The van der Waals surface area contributed by atoms with Gasteiger partial charge in [-0.15, -0.1) is 0 Å². The predicted molar refractivity (Wildman–Crippen MR) is 69.2 cm³/mol. The first kappa shape index (κ1) is 14.7. The normalized spacial score (nSPS) is 9.16. The van der Waals surface area contributed by atoms with Gasteiger partial charge in [-0.2, -0.15) is 0 Å². The maximum Gasteiger partial charge on any atom is 0.271 e. The largest absolute Gasteiger partial charge is 0.395 e. The van der Waals surface area contributed by atoms with Crippen molar-refractivity contribution < 1.29 is 14.7 Å². The molecule has 1 rings (SSSR count). The Morgan fingerprint density at radius 1 is 1.47 bits per heavy atom. The third-order valence-electron chi connectivity index (χ3n) is 2.17. The number of carbonyl (C=O) groups excluding carboxylic acids is 2. The average molecular weight is 261 g/mol. The number of amides is 2. The van der Waals surface area contributed by atoms with Crippen molar-refractivity contribution in [2.45, 2.75) is 6.42 Å². The second-order valence-corrected chi connectivity index (χ2v) is 3.53. The van der Waals surface area contributed by atoms with E-state index in [1.54, 1.807) is 12.1 Å². The Kier molecular flexibility index (Phi) is 6.06. The molecule has 0 saturated heterocycles. The summed E-state index contributed by atoms with van der Waals surface area (Å²) < 4.78 is 0. The molecule has 0 spiro atoms. The maximum atomic E-state index is 11.8. The lowest BCUT2D eigenvalue weighted by molar-refractivity contribution is -0.119. The topological polar surface area (TPSA) is 91.3 Å². The lowest BCUT2D eigenvalue weighted by Gasteiger charge is -2.05. The quantitative estimate of drug-likeness (QED) is 0.624.